The van der Waals surface area contributed by atoms with Crippen LogP contribution in [0.3, 0.4) is 0 Å². The third-order valence-corrected chi connectivity index (χ3v) is 8.61. The second-order valence-electron chi connectivity index (χ2n) is 10.3. The molecule has 2 aromatic rings. The molecule has 31 heavy (non-hydrogen) atoms. The third kappa shape index (κ3) is 3.58. The van der Waals surface area contributed by atoms with E-state index in [4.69, 9.17) is 4.63 Å². The van der Waals surface area contributed by atoms with Gasteiger partial charge in [0.25, 0.3) is 0 Å². The SMILES string of the molecule is CC1CCC([C@H]2C[C@H]3CCC(C2CN(C)c2ccc([N+](=O)[O-])c4nonc24)N3C)CC1. The fraction of sp³-hybridized carbons (Fsp3) is 0.739. The number of nitrogens with zero attached hydrogens (tertiary/aromatic N) is 5. The van der Waals surface area contributed by atoms with Gasteiger partial charge >= 0.3 is 5.69 Å². The summed E-state index contributed by atoms with van der Waals surface area (Å²) >= 11 is 0. The van der Waals surface area contributed by atoms with E-state index in [0.717, 1.165) is 36.0 Å². The zero-order valence-electron chi connectivity index (χ0n) is 18.7. The Morgan fingerprint density at radius 1 is 1.16 bits per heavy atom. The molecule has 0 radical (unpaired) electrons. The van der Waals surface area contributed by atoms with E-state index in [2.05, 4.69) is 41.1 Å². The van der Waals surface area contributed by atoms with Gasteiger partial charge in [-0.1, -0.05) is 19.8 Å². The maximum atomic E-state index is 11.4. The van der Waals surface area contributed by atoms with E-state index >= 15 is 0 Å². The topological polar surface area (TPSA) is 88.5 Å². The molecule has 3 aliphatic rings. The van der Waals surface area contributed by atoms with Crippen LogP contribution in [0, 0.1) is 33.8 Å². The average Bonchev–Trinajstić information content (AvgIpc) is 3.32. The monoisotopic (exact) mass is 427 g/mol. The Labute approximate surface area is 183 Å². The molecule has 0 N–H and O–H groups in total. The molecule has 2 unspecified atom stereocenters. The molecule has 8 nitrogen and oxygen atoms in total. The first kappa shape index (κ1) is 20.7. The molecule has 5 rings (SSSR count). The van der Waals surface area contributed by atoms with Crippen molar-refractivity contribution in [1.29, 1.82) is 0 Å². The maximum absolute atomic E-state index is 11.4. The van der Waals surface area contributed by atoms with Crippen LogP contribution in [0.4, 0.5) is 11.4 Å². The van der Waals surface area contributed by atoms with Crippen molar-refractivity contribution < 1.29 is 9.55 Å². The van der Waals surface area contributed by atoms with Crippen LogP contribution >= 0.6 is 0 Å². The maximum Gasteiger partial charge on any atom is 0.300 e. The number of nitro groups is 1. The van der Waals surface area contributed by atoms with E-state index < -0.39 is 4.92 Å². The normalized spacial score (nSPS) is 33.6. The van der Waals surface area contributed by atoms with Crippen molar-refractivity contribution in [3.05, 3.63) is 22.2 Å². The van der Waals surface area contributed by atoms with Gasteiger partial charge in [-0.3, -0.25) is 10.1 Å². The number of fused-ring (bicyclic) bond motifs is 3. The van der Waals surface area contributed by atoms with Gasteiger partial charge in [-0.25, -0.2) is 4.63 Å². The summed E-state index contributed by atoms with van der Waals surface area (Å²) in [5.74, 6) is 3.05. The molecule has 168 valence electrons. The summed E-state index contributed by atoms with van der Waals surface area (Å²) in [6, 6.07) is 4.68. The zero-order valence-corrected chi connectivity index (χ0v) is 18.7. The van der Waals surface area contributed by atoms with Crippen molar-refractivity contribution in [2.45, 2.75) is 64.0 Å². The van der Waals surface area contributed by atoms with Gasteiger partial charge < -0.3 is 9.80 Å². The van der Waals surface area contributed by atoms with E-state index in [9.17, 15) is 10.1 Å². The lowest BCUT2D eigenvalue weighted by atomic mass is 9.67. The van der Waals surface area contributed by atoms with Crippen molar-refractivity contribution in [3.63, 3.8) is 0 Å². The highest BCUT2D eigenvalue weighted by Gasteiger charge is 2.48. The number of anilines is 1. The fourth-order valence-corrected chi connectivity index (χ4v) is 6.84. The summed E-state index contributed by atoms with van der Waals surface area (Å²) in [7, 11) is 4.39. The molecule has 3 heterocycles. The van der Waals surface area contributed by atoms with Crippen molar-refractivity contribution in [2.24, 2.45) is 23.7 Å². The largest absolute Gasteiger partial charge is 0.372 e. The first-order valence-corrected chi connectivity index (χ1v) is 11.8. The molecule has 2 saturated heterocycles. The van der Waals surface area contributed by atoms with Gasteiger partial charge in [-0.05, 0) is 79.2 Å². The summed E-state index contributed by atoms with van der Waals surface area (Å²) in [5.41, 5.74) is 1.52. The molecule has 2 bridgehead atoms. The Kier molecular flexibility index (Phi) is 5.36. The van der Waals surface area contributed by atoms with Crippen LogP contribution in [0.5, 0.6) is 0 Å². The molecule has 1 aromatic carbocycles. The van der Waals surface area contributed by atoms with Crippen molar-refractivity contribution in [3.8, 4) is 0 Å². The Hall–Kier alpha value is -2.22. The van der Waals surface area contributed by atoms with Crippen LogP contribution < -0.4 is 4.90 Å². The minimum absolute atomic E-state index is 0.0568. The molecular weight excluding hydrogens is 394 g/mol. The Morgan fingerprint density at radius 2 is 1.90 bits per heavy atom. The van der Waals surface area contributed by atoms with E-state index in [1.54, 1.807) is 6.07 Å². The highest BCUT2D eigenvalue weighted by molar-refractivity contribution is 5.93. The Bertz CT molecular complexity index is 954. The van der Waals surface area contributed by atoms with Crippen LogP contribution in [0.2, 0.25) is 0 Å². The summed E-state index contributed by atoms with van der Waals surface area (Å²) in [4.78, 5) is 15.8. The highest BCUT2D eigenvalue weighted by Crippen LogP contribution is 2.48. The molecule has 2 aliphatic heterocycles. The van der Waals surface area contributed by atoms with Gasteiger partial charge in [0.05, 0.1) is 10.6 Å². The Morgan fingerprint density at radius 3 is 2.65 bits per heavy atom. The summed E-state index contributed by atoms with van der Waals surface area (Å²) in [6.07, 6.45) is 9.36. The first-order valence-electron chi connectivity index (χ1n) is 11.8. The summed E-state index contributed by atoms with van der Waals surface area (Å²) in [6.45, 7) is 3.32. The smallest absolute Gasteiger partial charge is 0.300 e. The summed E-state index contributed by atoms with van der Waals surface area (Å²) < 4.78 is 4.89. The van der Waals surface area contributed by atoms with Crippen LogP contribution in [0.1, 0.15) is 51.9 Å². The van der Waals surface area contributed by atoms with Crippen LogP contribution in [-0.2, 0) is 0 Å². The van der Waals surface area contributed by atoms with E-state index in [-0.39, 0.29) is 11.2 Å². The van der Waals surface area contributed by atoms with E-state index in [1.165, 1.54) is 51.0 Å². The predicted molar refractivity (Wildman–Crippen MR) is 119 cm³/mol. The number of benzene rings is 1. The predicted octanol–water partition coefficient (Wildman–Crippen LogP) is 4.49. The molecule has 0 spiro atoms. The zero-order chi connectivity index (χ0) is 21.7. The molecular formula is C23H33N5O3. The molecule has 1 aromatic heterocycles. The molecule has 1 saturated carbocycles. The molecule has 4 atom stereocenters. The molecule has 0 amide bonds. The van der Waals surface area contributed by atoms with Crippen molar-refractivity contribution >= 4 is 22.4 Å². The second-order valence-corrected chi connectivity index (χ2v) is 10.3. The highest BCUT2D eigenvalue weighted by atomic mass is 16.6. The fourth-order valence-electron chi connectivity index (χ4n) is 6.84. The van der Waals surface area contributed by atoms with Gasteiger partial charge in [-0.15, -0.1) is 0 Å². The quantitative estimate of drug-likeness (QED) is 0.513. The minimum atomic E-state index is -0.425. The molecule has 1 aliphatic carbocycles. The van der Waals surface area contributed by atoms with Gasteiger partial charge in [0, 0.05) is 31.7 Å². The standard InChI is InChI=1S/C23H33N5O3/c1-14-4-6-15(7-5-14)17-12-16-8-9-19(27(16)3)18(17)13-26(2)20-10-11-21(28(29)30)23-22(20)24-31-25-23/h10-11,14-19H,4-9,12-13H2,1-3H3/t14?,15?,16-,17-,18?,19?/m1/s1. The first-order chi connectivity index (χ1) is 14.9. The van der Waals surface area contributed by atoms with Gasteiger partial charge in [-0.2, -0.15) is 0 Å². The minimum Gasteiger partial charge on any atom is -0.372 e. The van der Waals surface area contributed by atoms with Crippen molar-refractivity contribution in [2.75, 3.05) is 25.5 Å². The number of piperidine rings is 1. The van der Waals surface area contributed by atoms with Crippen LogP contribution in [-0.4, -0.2) is 52.9 Å². The van der Waals surface area contributed by atoms with Crippen LogP contribution in [0.25, 0.3) is 11.0 Å². The van der Waals surface area contributed by atoms with Gasteiger partial charge in [0.15, 0.2) is 5.52 Å². The van der Waals surface area contributed by atoms with E-state index in [0.29, 0.717) is 17.5 Å². The number of nitro benzene ring substituents is 1. The van der Waals surface area contributed by atoms with Gasteiger partial charge in [0.2, 0.25) is 5.52 Å². The number of non-ortho nitro benzene ring substituents is 1. The number of hydrogen-bond acceptors (Lipinski definition) is 7. The number of aromatic nitrogens is 2. The van der Waals surface area contributed by atoms with Crippen molar-refractivity contribution in [1.82, 2.24) is 15.2 Å². The van der Waals surface area contributed by atoms with Crippen LogP contribution in [0.15, 0.2) is 16.8 Å². The lowest BCUT2D eigenvalue weighted by molar-refractivity contribution is -0.383. The third-order valence-electron chi connectivity index (χ3n) is 8.61. The van der Waals surface area contributed by atoms with Gasteiger partial charge in [0.1, 0.15) is 0 Å². The van der Waals surface area contributed by atoms with E-state index in [1.807, 2.05) is 0 Å². The second kappa shape index (κ2) is 8.04. The summed E-state index contributed by atoms with van der Waals surface area (Å²) in [5, 5.41) is 19.2. The lowest BCUT2D eigenvalue weighted by Gasteiger charge is -2.48. The molecule has 8 heteroatoms. The lowest BCUT2D eigenvalue weighted by Crippen LogP contribution is -2.52. The number of hydrogen-bond donors (Lipinski definition) is 0. The number of rotatable bonds is 5. The average molecular weight is 428 g/mol. The molecule has 3 fully saturated rings. The Balaban J connectivity index is 1.42.